The van der Waals surface area contributed by atoms with E-state index in [9.17, 15) is 23.1 Å². The van der Waals surface area contributed by atoms with E-state index in [0.717, 1.165) is 0 Å². The predicted octanol–water partition coefficient (Wildman–Crippen LogP) is 4.06. The standard InChI is InChI=1S/C23H24N4O5S/c1-13-21(15(3)28)14(2)24-22(13)23(30)26-19-6-5-7-20(12-19)33(31,32)27-18-10-8-17(9-11-18)25-16(4)29/h5-12H,1-4H3,(H4-,24,25,26,27,28,29,30,31,32). The minimum Gasteiger partial charge on any atom is -0.588 e. The minimum absolute atomic E-state index is 0.0462. The topological polar surface area (TPSA) is 143 Å². The van der Waals surface area contributed by atoms with E-state index >= 15 is 0 Å². The van der Waals surface area contributed by atoms with Crippen LogP contribution in [0.3, 0.4) is 0 Å². The van der Waals surface area contributed by atoms with Gasteiger partial charge in [-0.3, -0.25) is 14.4 Å². The highest BCUT2D eigenvalue weighted by atomic mass is 32.3. The number of aromatic amines is 1. The van der Waals surface area contributed by atoms with E-state index in [1.165, 1.54) is 44.2 Å². The van der Waals surface area contributed by atoms with Crippen molar-refractivity contribution in [3.8, 4) is 0 Å². The molecule has 0 aliphatic heterocycles. The second-order valence-corrected chi connectivity index (χ2v) is 9.21. The number of benzene rings is 2. The summed E-state index contributed by atoms with van der Waals surface area (Å²) in [6.07, 6.45) is 0. The zero-order chi connectivity index (χ0) is 24.3. The molecule has 9 nitrogen and oxygen atoms in total. The van der Waals surface area contributed by atoms with E-state index in [2.05, 4.69) is 20.3 Å². The average Bonchev–Trinajstić information content (AvgIpc) is 3.03. The monoisotopic (exact) mass is 468 g/mol. The molecule has 0 bridgehead atoms. The van der Waals surface area contributed by atoms with Crippen LogP contribution < -0.4 is 15.4 Å². The summed E-state index contributed by atoms with van der Waals surface area (Å²) < 4.78 is 28.1. The number of Topliss-reactive ketones (excluding diaryl/α,β-unsaturated/α-hetero) is 1. The molecular formula is C23H24N4O5S. The van der Waals surface area contributed by atoms with Gasteiger partial charge in [0.05, 0.1) is 5.69 Å². The summed E-state index contributed by atoms with van der Waals surface area (Å²) in [6.45, 7) is 6.20. The first kappa shape index (κ1) is 23.9. The molecule has 3 aromatic rings. The van der Waals surface area contributed by atoms with Gasteiger partial charge in [0.25, 0.3) is 5.91 Å². The van der Waals surface area contributed by atoms with Crippen molar-refractivity contribution in [1.82, 2.24) is 4.98 Å². The normalized spacial score (nSPS) is 12.5. The Morgan fingerprint density at radius 2 is 1.55 bits per heavy atom. The molecule has 1 unspecified atom stereocenters. The van der Waals surface area contributed by atoms with Gasteiger partial charge in [0.15, 0.2) is 21.1 Å². The summed E-state index contributed by atoms with van der Waals surface area (Å²) in [5.41, 5.74) is 2.96. The van der Waals surface area contributed by atoms with Crippen LogP contribution in [0.15, 0.2) is 53.4 Å². The van der Waals surface area contributed by atoms with Gasteiger partial charge < -0.3 is 20.2 Å². The number of H-pyrrole nitrogens is 1. The van der Waals surface area contributed by atoms with Crippen molar-refractivity contribution in [2.75, 3.05) is 15.4 Å². The number of amides is 2. The van der Waals surface area contributed by atoms with E-state index in [-0.39, 0.29) is 28.0 Å². The number of aryl methyl sites for hydroxylation is 1. The Bertz CT molecular complexity index is 1280. The van der Waals surface area contributed by atoms with Crippen LogP contribution >= 0.6 is 0 Å². The fourth-order valence-electron chi connectivity index (χ4n) is 3.48. The maximum atomic E-state index is 12.8. The lowest BCUT2D eigenvalue weighted by Crippen LogP contribution is -2.21. The molecule has 2 aromatic carbocycles. The lowest BCUT2D eigenvalue weighted by atomic mass is 10.1. The van der Waals surface area contributed by atoms with Crippen LogP contribution in [-0.4, -0.2) is 27.1 Å². The smallest absolute Gasteiger partial charge is 0.272 e. The molecule has 10 heteroatoms. The number of hydrogen-bond acceptors (Lipinski definition) is 5. The van der Waals surface area contributed by atoms with Gasteiger partial charge in [-0.2, -0.15) is 0 Å². The van der Waals surface area contributed by atoms with Gasteiger partial charge in [0, 0.05) is 35.6 Å². The first-order valence-electron chi connectivity index (χ1n) is 10.00. The zero-order valence-electron chi connectivity index (χ0n) is 18.6. The van der Waals surface area contributed by atoms with E-state index in [1.54, 1.807) is 32.0 Å². The van der Waals surface area contributed by atoms with Gasteiger partial charge in [-0.25, -0.2) is 4.72 Å². The molecule has 2 amide bonds. The molecule has 0 saturated heterocycles. The fourth-order valence-corrected chi connectivity index (χ4v) is 4.58. The Kier molecular flexibility index (Phi) is 6.80. The molecule has 0 spiro atoms. The number of carbonyl (C=O) groups is 3. The highest BCUT2D eigenvalue weighted by Gasteiger charge is 2.23. The number of nitrogens with one attached hydrogen (secondary N) is 4. The molecule has 3 rings (SSSR count). The van der Waals surface area contributed by atoms with E-state index in [1.807, 2.05) is 0 Å². The number of aromatic nitrogens is 1. The maximum absolute atomic E-state index is 12.8. The number of rotatable bonds is 7. The second kappa shape index (κ2) is 9.39. The Morgan fingerprint density at radius 1 is 0.909 bits per heavy atom. The Hall–Kier alpha value is -3.76. The SMILES string of the molecule is CC(=O)Nc1ccc(N[S+](=O)([O-])c2cccc(NC(=O)c3[nH]c(C)c(C(C)=O)c3C)c2)cc1. The quantitative estimate of drug-likeness (QED) is 0.305. The Balaban J connectivity index is 1.78. The van der Waals surface area contributed by atoms with Crippen LogP contribution in [0.4, 0.5) is 17.1 Å². The Morgan fingerprint density at radius 3 is 2.12 bits per heavy atom. The van der Waals surface area contributed by atoms with Crippen LogP contribution in [-0.2, 0) is 19.4 Å². The van der Waals surface area contributed by atoms with Gasteiger partial charge >= 0.3 is 0 Å². The van der Waals surface area contributed by atoms with Gasteiger partial charge in [-0.1, -0.05) is 10.3 Å². The number of sulfonamides is 1. The summed E-state index contributed by atoms with van der Waals surface area (Å²) in [5, 5.41) is 5.27. The average molecular weight is 469 g/mol. The summed E-state index contributed by atoms with van der Waals surface area (Å²) >= 11 is 0. The highest BCUT2D eigenvalue weighted by molar-refractivity contribution is 7.98. The van der Waals surface area contributed by atoms with Crippen molar-refractivity contribution in [2.24, 2.45) is 0 Å². The van der Waals surface area contributed by atoms with E-state index in [4.69, 9.17) is 0 Å². The maximum Gasteiger partial charge on any atom is 0.272 e. The third-order valence-electron chi connectivity index (χ3n) is 4.88. The van der Waals surface area contributed by atoms with Gasteiger partial charge in [0.2, 0.25) is 5.91 Å². The molecule has 172 valence electrons. The predicted molar refractivity (Wildman–Crippen MR) is 126 cm³/mol. The molecular weight excluding hydrogens is 444 g/mol. The van der Waals surface area contributed by atoms with Gasteiger partial charge in [-0.05, 0) is 62.7 Å². The first-order valence-corrected chi connectivity index (χ1v) is 11.5. The van der Waals surface area contributed by atoms with E-state index in [0.29, 0.717) is 28.2 Å². The third kappa shape index (κ3) is 5.54. The molecule has 0 fully saturated rings. The van der Waals surface area contributed by atoms with Crippen molar-refractivity contribution in [3.05, 3.63) is 71.0 Å². The molecule has 1 atom stereocenters. The molecule has 0 aliphatic carbocycles. The lowest BCUT2D eigenvalue weighted by molar-refractivity contribution is -0.114. The van der Waals surface area contributed by atoms with Crippen LogP contribution in [0.2, 0.25) is 0 Å². The summed E-state index contributed by atoms with van der Waals surface area (Å²) in [7, 11) is -3.94. The molecule has 1 aromatic heterocycles. The van der Waals surface area contributed by atoms with E-state index < -0.39 is 16.3 Å². The Labute approximate surface area is 192 Å². The van der Waals surface area contributed by atoms with Crippen molar-refractivity contribution in [2.45, 2.75) is 32.6 Å². The lowest BCUT2D eigenvalue weighted by Gasteiger charge is -2.17. The first-order chi connectivity index (χ1) is 15.5. The molecule has 0 saturated carbocycles. The molecule has 33 heavy (non-hydrogen) atoms. The number of hydrogen-bond donors (Lipinski definition) is 4. The highest BCUT2D eigenvalue weighted by Crippen LogP contribution is 2.25. The number of anilines is 3. The van der Waals surface area contributed by atoms with Crippen LogP contribution in [0, 0.1) is 13.8 Å². The molecule has 4 N–H and O–H groups in total. The second-order valence-electron chi connectivity index (χ2n) is 7.53. The molecule has 0 aliphatic rings. The zero-order valence-corrected chi connectivity index (χ0v) is 19.4. The number of carbonyl (C=O) groups excluding carboxylic acids is 3. The largest absolute Gasteiger partial charge is 0.588 e. The van der Waals surface area contributed by atoms with Crippen molar-refractivity contribution in [3.63, 3.8) is 0 Å². The molecule has 0 radical (unpaired) electrons. The third-order valence-corrected chi connectivity index (χ3v) is 6.26. The summed E-state index contributed by atoms with van der Waals surface area (Å²) in [5.74, 6) is -0.867. The van der Waals surface area contributed by atoms with Crippen molar-refractivity contribution >= 4 is 45.1 Å². The van der Waals surface area contributed by atoms with Gasteiger partial charge in [0.1, 0.15) is 5.69 Å². The fraction of sp³-hybridized carbons (Fsp3) is 0.174. The van der Waals surface area contributed by atoms with Crippen LogP contribution in [0.5, 0.6) is 0 Å². The van der Waals surface area contributed by atoms with Crippen LogP contribution in [0.25, 0.3) is 0 Å². The van der Waals surface area contributed by atoms with Crippen LogP contribution in [0.1, 0.15) is 46.0 Å². The summed E-state index contributed by atoms with van der Waals surface area (Å²) in [4.78, 5) is 38.5. The molecule has 1 heterocycles. The van der Waals surface area contributed by atoms with Gasteiger partial charge in [-0.15, -0.1) is 0 Å². The van der Waals surface area contributed by atoms with Crippen molar-refractivity contribution in [1.29, 1.82) is 0 Å². The minimum atomic E-state index is -3.94. The van der Waals surface area contributed by atoms with Crippen molar-refractivity contribution < 1.29 is 23.1 Å². The number of ketones is 1. The summed E-state index contributed by atoms with van der Waals surface area (Å²) in [6, 6.07) is 12.0.